The summed E-state index contributed by atoms with van der Waals surface area (Å²) < 4.78 is -0.190. The summed E-state index contributed by atoms with van der Waals surface area (Å²) in [6.07, 6.45) is 5.00. The third kappa shape index (κ3) is 6.26. The molecule has 0 saturated heterocycles. The molecule has 0 bridgehead atoms. The summed E-state index contributed by atoms with van der Waals surface area (Å²) in [4.78, 5) is 0. The Morgan fingerprint density at radius 1 is 0.482 bits per heavy atom. The Balaban J connectivity index is 1.49. The zero-order valence-electron chi connectivity index (χ0n) is 34.0. The van der Waals surface area contributed by atoms with Crippen LogP contribution in [0, 0.1) is 13.8 Å². The number of hydrogen-bond donors (Lipinski definition) is 0. The molecule has 6 aromatic carbocycles. The number of fused-ring (bicyclic) bond motifs is 2. The molecule has 0 heterocycles. The third-order valence-electron chi connectivity index (χ3n) is 13.0. The maximum absolute atomic E-state index is 9.11. The van der Waals surface area contributed by atoms with Crippen molar-refractivity contribution in [2.45, 2.75) is 73.7 Å². The SMILES string of the molecule is Cc1ccccc1-c1c(C(C)C)ccc2c1C=C(c1ccccc1)[CH]2[Zr]([Cl])([Cl])([CH]1C(c2ccccc2)=Cc2c1ccc(C(C)C)c2-c1ccccc1C)[SiH](C)C. The van der Waals surface area contributed by atoms with E-state index in [0.29, 0.717) is 11.8 Å². The van der Waals surface area contributed by atoms with Crippen molar-refractivity contribution in [2.24, 2.45) is 0 Å². The Bertz CT molecular complexity index is 2360. The average Bonchev–Trinajstić information content (AvgIpc) is 3.80. The molecule has 8 rings (SSSR count). The molecular weight excluding hydrogens is 815 g/mol. The average molecular weight is 868 g/mol. The van der Waals surface area contributed by atoms with E-state index in [1.807, 2.05) is 0 Å². The Kier molecular flexibility index (Phi) is 10.5. The fourth-order valence-electron chi connectivity index (χ4n) is 9.99. The summed E-state index contributed by atoms with van der Waals surface area (Å²) in [6, 6.07) is 49.3. The first-order valence-electron chi connectivity index (χ1n) is 20.4. The first-order valence-corrected chi connectivity index (χ1v) is 36.7. The second kappa shape index (κ2) is 15.0. The molecule has 2 atom stereocenters. The van der Waals surface area contributed by atoms with Crippen LogP contribution in [0.5, 0.6) is 0 Å². The number of aryl methyl sites for hydroxylation is 2. The third-order valence-corrected chi connectivity index (χ3v) is 64.5. The summed E-state index contributed by atoms with van der Waals surface area (Å²) >= 11 is -5.28. The number of hydrogen-bond acceptors (Lipinski definition) is 0. The molecule has 0 amide bonds. The second-order valence-corrected chi connectivity index (χ2v) is 59.7. The molecule has 56 heavy (non-hydrogen) atoms. The normalized spacial score (nSPS) is 17.1. The summed E-state index contributed by atoms with van der Waals surface area (Å²) in [5, 5.41) is 0. The summed E-state index contributed by atoms with van der Waals surface area (Å²) in [6.45, 7) is 18.7. The first kappa shape index (κ1) is 39.3. The van der Waals surface area contributed by atoms with Crippen molar-refractivity contribution < 1.29 is 15.6 Å². The van der Waals surface area contributed by atoms with Gasteiger partial charge in [0.1, 0.15) is 0 Å². The summed E-state index contributed by atoms with van der Waals surface area (Å²) in [5.41, 5.74) is 20.7. The molecule has 0 saturated carbocycles. The fraction of sp³-hybridized carbons (Fsp3) is 0.231. The van der Waals surface area contributed by atoms with Crippen molar-refractivity contribution in [1.29, 1.82) is 0 Å². The van der Waals surface area contributed by atoms with Gasteiger partial charge in [0.05, 0.1) is 0 Å². The molecule has 6 aromatic rings. The number of benzene rings is 6. The molecule has 0 nitrogen and oxygen atoms in total. The number of halogens is 2. The monoisotopic (exact) mass is 865 g/mol. The van der Waals surface area contributed by atoms with Crippen LogP contribution in [-0.4, -0.2) is 5.92 Å². The van der Waals surface area contributed by atoms with Crippen LogP contribution in [0.25, 0.3) is 45.6 Å². The van der Waals surface area contributed by atoms with Gasteiger partial charge in [-0.1, -0.05) is 0 Å². The van der Waals surface area contributed by atoms with Gasteiger partial charge >= 0.3 is 347 Å². The summed E-state index contributed by atoms with van der Waals surface area (Å²) in [7, 11) is 18.2. The standard InChI is InChI=1S/2C25H23.C2H7Si.2ClH.Zr/c2*1-17(2)22-14-13-20-15-21(19-10-5-4-6-11-19)16-24(20)25(22)23-12-8-7-9-18(23)3;1-3-2;;;/h2*4-17H,1-3H3;3H,1-2H3;2*1H;/q;;;;;+2/p-2. The van der Waals surface area contributed by atoms with Crippen molar-refractivity contribution in [2.75, 3.05) is 0 Å². The quantitative estimate of drug-likeness (QED) is 0.127. The molecule has 0 aliphatic heterocycles. The molecular formula is C52H53Cl2SiZr. The van der Waals surface area contributed by atoms with E-state index in [1.165, 1.54) is 89.0 Å². The Morgan fingerprint density at radius 3 is 1.18 bits per heavy atom. The van der Waals surface area contributed by atoms with Gasteiger partial charge in [0, 0.05) is 0 Å². The van der Waals surface area contributed by atoms with Gasteiger partial charge in [-0.2, -0.15) is 0 Å². The number of allylic oxidation sites excluding steroid dienone is 2. The van der Waals surface area contributed by atoms with Gasteiger partial charge in [-0.15, -0.1) is 0 Å². The van der Waals surface area contributed by atoms with Crippen LogP contribution >= 0.6 is 17.0 Å². The molecule has 283 valence electrons. The van der Waals surface area contributed by atoms with E-state index in [1.54, 1.807) is 0 Å². The van der Waals surface area contributed by atoms with E-state index >= 15 is 0 Å². The van der Waals surface area contributed by atoms with Crippen LogP contribution in [0.2, 0.25) is 13.1 Å². The predicted molar refractivity (Wildman–Crippen MR) is 246 cm³/mol. The van der Waals surface area contributed by atoms with E-state index in [9.17, 15) is 0 Å². The van der Waals surface area contributed by atoms with E-state index in [4.69, 9.17) is 17.0 Å². The minimum absolute atomic E-state index is 0.0948. The predicted octanol–water partition coefficient (Wildman–Crippen LogP) is 15.8. The van der Waals surface area contributed by atoms with Gasteiger partial charge in [0.2, 0.25) is 0 Å². The van der Waals surface area contributed by atoms with Crippen molar-refractivity contribution in [3.8, 4) is 22.3 Å². The van der Waals surface area contributed by atoms with Crippen molar-refractivity contribution in [3.63, 3.8) is 0 Å². The minimum atomic E-state index is -5.28. The van der Waals surface area contributed by atoms with Crippen molar-refractivity contribution >= 4 is 46.2 Å². The van der Waals surface area contributed by atoms with Crippen LogP contribution in [0.4, 0.5) is 0 Å². The van der Waals surface area contributed by atoms with Crippen molar-refractivity contribution in [3.05, 3.63) is 189 Å². The summed E-state index contributed by atoms with van der Waals surface area (Å²) in [5.74, 6) is -1.17. The van der Waals surface area contributed by atoms with Gasteiger partial charge in [0.15, 0.2) is 0 Å². The van der Waals surface area contributed by atoms with E-state index in [-0.39, 0.29) is 7.25 Å². The first-order chi connectivity index (χ1) is 26.8. The Morgan fingerprint density at radius 2 is 0.839 bits per heavy atom. The molecule has 0 radical (unpaired) electrons. The van der Waals surface area contributed by atoms with Gasteiger partial charge in [-0.3, -0.25) is 0 Å². The second-order valence-electron chi connectivity index (χ2n) is 17.2. The molecule has 4 heteroatoms. The van der Waals surface area contributed by atoms with Crippen LogP contribution < -0.4 is 0 Å². The number of rotatable bonds is 9. The molecule has 0 spiro atoms. The van der Waals surface area contributed by atoms with Gasteiger partial charge in [-0.25, -0.2) is 0 Å². The Labute approximate surface area is 344 Å². The van der Waals surface area contributed by atoms with Gasteiger partial charge in [0.25, 0.3) is 0 Å². The van der Waals surface area contributed by atoms with E-state index in [0.717, 1.165) is 0 Å². The van der Waals surface area contributed by atoms with Crippen LogP contribution in [0.3, 0.4) is 0 Å². The molecule has 2 aliphatic carbocycles. The zero-order chi connectivity index (χ0) is 39.5. The molecule has 2 unspecified atom stereocenters. The fourth-order valence-corrected chi connectivity index (χ4v) is 40.1. The van der Waals surface area contributed by atoms with E-state index < -0.39 is 21.5 Å². The van der Waals surface area contributed by atoms with Gasteiger partial charge < -0.3 is 0 Å². The molecule has 0 N–H and O–H groups in total. The van der Waals surface area contributed by atoms with Gasteiger partial charge in [-0.05, 0) is 0 Å². The zero-order valence-corrected chi connectivity index (χ0v) is 39.1. The van der Waals surface area contributed by atoms with Crippen LogP contribution in [0.15, 0.2) is 133 Å². The van der Waals surface area contributed by atoms with Crippen molar-refractivity contribution in [1.82, 2.24) is 0 Å². The molecule has 0 aromatic heterocycles. The topological polar surface area (TPSA) is 0 Å². The molecule has 2 aliphatic rings. The van der Waals surface area contributed by atoms with E-state index in [2.05, 4.69) is 200 Å². The maximum atomic E-state index is 9.11. The Hall–Kier alpha value is -3.52. The molecule has 0 fully saturated rings. The van der Waals surface area contributed by atoms with Crippen LogP contribution in [-0.2, 0) is 15.6 Å². The van der Waals surface area contributed by atoms with Crippen LogP contribution in [0.1, 0.15) is 102 Å².